The highest BCUT2D eigenvalue weighted by Crippen LogP contribution is 2.47. The first kappa shape index (κ1) is 8.58. The van der Waals surface area contributed by atoms with Gasteiger partial charge in [0, 0.05) is 5.92 Å². The molecule has 0 amide bonds. The van der Waals surface area contributed by atoms with Crippen molar-refractivity contribution in [1.82, 2.24) is 0 Å². The molecule has 0 aliphatic heterocycles. The van der Waals surface area contributed by atoms with Crippen LogP contribution in [0.3, 0.4) is 0 Å². The van der Waals surface area contributed by atoms with Crippen molar-refractivity contribution in [3.05, 3.63) is 64.8 Å². The van der Waals surface area contributed by atoms with Gasteiger partial charge in [0.05, 0.1) is 0 Å². The van der Waals surface area contributed by atoms with Crippen LogP contribution in [0.2, 0.25) is 0 Å². The highest BCUT2D eigenvalue weighted by molar-refractivity contribution is 5.68. The lowest BCUT2D eigenvalue weighted by molar-refractivity contribution is 0.485. The van der Waals surface area contributed by atoms with Crippen LogP contribution in [0.1, 0.15) is 29.0 Å². The molecule has 78 valence electrons. The summed E-state index contributed by atoms with van der Waals surface area (Å²) in [6, 6.07) is 6.77. The Kier molecular flexibility index (Phi) is 1.59. The molecule has 3 aliphatic carbocycles. The van der Waals surface area contributed by atoms with Gasteiger partial charge in [0.2, 0.25) is 0 Å². The summed E-state index contributed by atoms with van der Waals surface area (Å²) < 4.78 is 0. The van der Waals surface area contributed by atoms with Crippen LogP contribution in [0.4, 0.5) is 0 Å². The second kappa shape index (κ2) is 2.98. The van der Waals surface area contributed by atoms with Gasteiger partial charge < -0.3 is 0 Å². The summed E-state index contributed by atoms with van der Waals surface area (Å²) in [5.41, 5.74) is 6.13. The third-order valence-corrected chi connectivity index (χ3v) is 4.18. The zero-order chi connectivity index (χ0) is 10.5. The van der Waals surface area contributed by atoms with E-state index in [0.717, 1.165) is 5.92 Å². The summed E-state index contributed by atoms with van der Waals surface area (Å²) in [6.45, 7) is 0. The van der Waals surface area contributed by atoms with Gasteiger partial charge in [-0.2, -0.15) is 0 Å². The zero-order valence-electron chi connectivity index (χ0n) is 9.19. The van der Waals surface area contributed by atoms with Crippen LogP contribution < -0.4 is 0 Å². The molecule has 0 heteroatoms. The van der Waals surface area contributed by atoms with E-state index in [0.29, 0.717) is 5.92 Å². The minimum atomic E-state index is 0.648. The fourth-order valence-electron chi connectivity index (χ4n) is 3.46. The maximum absolute atomic E-state index is 2.40. The Morgan fingerprint density at radius 3 is 3.12 bits per heavy atom. The van der Waals surface area contributed by atoms with Gasteiger partial charge in [-0.3, -0.25) is 0 Å². The Labute approximate surface area is 96.0 Å². The number of aryl methyl sites for hydroxylation is 1. The molecule has 16 heavy (non-hydrogen) atoms. The second-order valence-electron chi connectivity index (χ2n) is 4.99. The minimum Gasteiger partial charge on any atom is -0.0805 e. The van der Waals surface area contributed by atoms with E-state index in [4.69, 9.17) is 0 Å². The lowest BCUT2D eigenvalue weighted by atomic mass is 9.66. The molecule has 0 spiro atoms. The van der Waals surface area contributed by atoms with Crippen LogP contribution in [0, 0.1) is 5.92 Å². The molecule has 0 fully saturated rings. The fraction of sp³-hybridized carbons (Fsp3) is 0.250. The summed E-state index contributed by atoms with van der Waals surface area (Å²) in [5.74, 6) is 1.38. The van der Waals surface area contributed by atoms with Gasteiger partial charge in [-0.05, 0) is 41.0 Å². The summed E-state index contributed by atoms with van der Waals surface area (Å²) >= 11 is 0. The van der Waals surface area contributed by atoms with Crippen molar-refractivity contribution in [1.29, 1.82) is 0 Å². The number of rotatable bonds is 0. The molecule has 0 heterocycles. The second-order valence-corrected chi connectivity index (χ2v) is 4.99. The molecule has 0 nitrogen and oxygen atoms in total. The van der Waals surface area contributed by atoms with Crippen LogP contribution in [-0.2, 0) is 6.42 Å². The molecule has 0 bridgehead atoms. The van der Waals surface area contributed by atoms with Crippen LogP contribution >= 0.6 is 0 Å². The largest absolute Gasteiger partial charge is 0.0805 e. The lowest BCUT2D eigenvalue weighted by Gasteiger charge is -2.37. The smallest absolute Gasteiger partial charge is 0.0161 e. The molecule has 4 rings (SSSR count). The van der Waals surface area contributed by atoms with Crippen molar-refractivity contribution in [2.75, 3.05) is 0 Å². The molecule has 2 unspecified atom stereocenters. The Morgan fingerprint density at radius 2 is 2.12 bits per heavy atom. The third-order valence-electron chi connectivity index (χ3n) is 4.18. The van der Waals surface area contributed by atoms with Gasteiger partial charge in [-0.25, -0.2) is 0 Å². The Balaban J connectivity index is 2.04. The van der Waals surface area contributed by atoms with E-state index < -0.39 is 0 Å². The van der Waals surface area contributed by atoms with E-state index in [2.05, 4.69) is 48.6 Å². The molecule has 1 aromatic rings. The normalized spacial score (nSPS) is 28.6. The van der Waals surface area contributed by atoms with E-state index in [1.54, 1.807) is 11.1 Å². The molecule has 0 saturated carbocycles. The number of hydrogen-bond donors (Lipinski definition) is 0. The van der Waals surface area contributed by atoms with Crippen LogP contribution in [0.15, 0.2) is 48.1 Å². The lowest BCUT2D eigenvalue weighted by Crippen LogP contribution is -2.24. The quantitative estimate of drug-likeness (QED) is 0.604. The SMILES string of the molecule is C1=CC2CCc3cccc4c3C2C(=C1)C=C4. The average Bonchev–Trinajstić information content (AvgIpc) is 2.36. The van der Waals surface area contributed by atoms with Crippen LogP contribution in [0.25, 0.3) is 6.08 Å². The molecule has 0 aromatic heterocycles. The van der Waals surface area contributed by atoms with Crippen molar-refractivity contribution in [3.63, 3.8) is 0 Å². The predicted molar refractivity (Wildman–Crippen MR) is 67.3 cm³/mol. The first-order valence-corrected chi connectivity index (χ1v) is 6.12. The molecule has 1 aromatic carbocycles. The van der Waals surface area contributed by atoms with Crippen molar-refractivity contribution in [2.45, 2.75) is 18.8 Å². The predicted octanol–water partition coefficient (Wildman–Crippen LogP) is 3.86. The Bertz CT molecular complexity index is 543. The standard InChI is InChI=1S/C16H14/c1-3-11-7-9-13-5-2-6-14-10-8-12(4-1)15(11)16(13)14/h1-7,9,12,15H,8,10H2. The molecular weight excluding hydrogens is 192 g/mol. The number of allylic oxidation sites excluding steroid dienone is 5. The summed E-state index contributed by atoms with van der Waals surface area (Å²) in [4.78, 5) is 0. The third kappa shape index (κ3) is 0.996. The minimum absolute atomic E-state index is 0.648. The van der Waals surface area contributed by atoms with Gasteiger partial charge in [-0.1, -0.05) is 48.6 Å². The molecule has 0 saturated heterocycles. The average molecular weight is 206 g/mol. The summed E-state index contributed by atoms with van der Waals surface area (Å²) in [7, 11) is 0. The monoisotopic (exact) mass is 206 g/mol. The first-order valence-electron chi connectivity index (χ1n) is 6.12. The van der Waals surface area contributed by atoms with Crippen molar-refractivity contribution in [3.8, 4) is 0 Å². The highest BCUT2D eigenvalue weighted by Gasteiger charge is 2.33. The van der Waals surface area contributed by atoms with Crippen LogP contribution in [-0.4, -0.2) is 0 Å². The molecule has 2 atom stereocenters. The van der Waals surface area contributed by atoms with Crippen molar-refractivity contribution in [2.24, 2.45) is 5.92 Å². The molecule has 0 N–H and O–H groups in total. The van der Waals surface area contributed by atoms with E-state index in [1.807, 2.05) is 0 Å². The van der Waals surface area contributed by atoms with Gasteiger partial charge in [-0.15, -0.1) is 0 Å². The number of benzene rings is 1. The highest BCUT2D eigenvalue weighted by atomic mass is 14.4. The van der Waals surface area contributed by atoms with E-state index >= 15 is 0 Å². The number of hydrogen-bond acceptors (Lipinski definition) is 0. The van der Waals surface area contributed by atoms with Crippen molar-refractivity contribution >= 4 is 6.08 Å². The van der Waals surface area contributed by atoms with Crippen LogP contribution in [0.5, 0.6) is 0 Å². The first-order chi connectivity index (χ1) is 7.93. The Hall–Kier alpha value is -1.56. The summed E-state index contributed by atoms with van der Waals surface area (Å²) in [5, 5.41) is 0. The van der Waals surface area contributed by atoms with E-state index in [9.17, 15) is 0 Å². The van der Waals surface area contributed by atoms with Gasteiger partial charge in [0.15, 0.2) is 0 Å². The Morgan fingerprint density at radius 1 is 1.12 bits per heavy atom. The van der Waals surface area contributed by atoms with Gasteiger partial charge in [0.25, 0.3) is 0 Å². The molecular formula is C16H14. The summed E-state index contributed by atoms with van der Waals surface area (Å²) in [6.07, 6.45) is 14.1. The molecule has 3 aliphatic rings. The van der Waals surface area contributed by atoms with E-state index in [-0.39, 0.29) is 0 Å². The maximum atomic E-state index is 2.40. The van der Waals surface area contributed by atoms with Crippen molar-refractivity contribution < 1.29 is 0 Å². The van der Waals surface area contributed by atoms with E-state index in [1.165, 1.54) is 24.0 Å². The fourth-order valence-corrected chi connectivity index (χ4v) is 3.46. The topological polar surface area (TPSA) is 0 Å². The molecule has 0 radical (unpaired) electrons. The van der Waals surface area contributed by atoms with Gasteiger partial charge in [0.1, 0.15) is 0 Å². The maximum Gasteiger partial charge on any atom is 0.0161 e. The van der Waals surface area contributed by atoms with Gasteiger partial charge >= 0.3 is 0 Å². The zero-order valence-corrected chi connectivity index (χ0v) is 9.19.